The molecule has 1 aromatic heterocycles. The van der Waals surface area contributed by atoms with Gasteiger partial charge in [0.05, 0.1) is 6.04 Å². The van der Waals surface area contributed by atoms with E-state index in [1.54, 1.807) is 48.5 Å². The maximum absolute atomic E-state index is 12.8. The van der Waals surface area contributed by atoms with Crippen LogP contribution in [0.1, 0.15) is 59.7 Å². The Morgan fingerprint density at radius 2 is 1.79 bits per heavy atom. The standard InChI is InChI=1S/C18H26F3N3O3S/c1-11(23-15(25)27-16(2,3)4)14(24-28(26)17(5,6)7)12-8-9-13(22-10-12)18(19,20)21/h8-11H,1-7H3,(H,23,25)/t11-,28+/m0/s1. The highest BCUT2D eigenvalue weighted by atomic mass is 32.2. The molecule has 28 heavy (non-hydrogen) atoms. The van der Waals surface area contributed by atoms with E-state index in [2.05, 4.69) is 14.7 Å². The number of hydrogen-bond donors (Lipinski definition) is 1. The zero-order valence-corrected chi connectivity index (χ0v) is 17.8. The molecule has 0 radical (unpaired) electrons. The number of rotatable bonds is 4. The van der Waals surface area contributed by atoms with Crippen molar-refractivity contribution in [1.82, 2.24) is 10.3 Å². The summed E-state index contributed by atoms with van der Waals surface area (Å²) in [6, 6.07) is 1.21. The highest BCUT2D eigenvalue weighted by Gasteiger charge is 2.33. The van der Waals surface area contributed by atoms with Crippen LogP contribution in [0.4, 0.5) is 18.0 Å². The summed E-state index contributed by atoms with van der Waals surface area (Å²) in [4.78, 5) is 15.5. The van der Waals surface area contributed by atoms with E-state index in [1.807, 2.05) is 0 Å². The Balaban J connectivity index is 3.23. The van der Waals surface area contributed by atoms with Crippen molar-refractivity contribution in [2.45, 2.75) is 71.0 Å². The SMILES string of the molecule is C[C@H](NC(=O)OC(C)(C)C)C(=N[S@+]([O-])C(C)(C)C)c1ccc(C(F)(F)F)nc1. The van der Waals surface area contributed by atoms with Crippen molar-refractivity contribution in [3.8, 4) is 0 Å². The Morgan fingerprint density at radius 1 is 1.21 bits per heavy atom. The fourth-order valence-corrected chi connectivity index (χ4v) is 2.59. The van der Waals surface area contributed by atoms with Crippen molar-refractivity contribution in [3.63, 3.8) is 0 Å². The fraction of sp³-hybridized carbons (Fsp3) is 0.611. The summed E-state index contributed by atoms with van der Waals surface area (Å²) in [7, 11) is 0. The largest absolute Gasteiger partial charge is 0.591 e. The Labute approximate surface area is 166 Å². The molecule has 0 unspecified atom stereocenters. The van der Waals surface area contributed by atoms with Crippen molar-refractivity contribution in [2.24, 2.45) is 4.40 Å². The van der Waals surface area contributed by atoms with Gasteiger partial charge in [0.25, 0.3) is 0 Å². The second kappa shape index (κ2) is 8.69. The van der Waals surface area contributed by atoms with Crippen molar-refractivity contribution < 1.29 is 27.3 Å². The van der Waals surface area contributed by atoms with Gasteiger partial charge in [0.1, 0.15) is 33.1 Å². The molecule has 1 aromatic rings. The lowest BCUT2D eigenvalue weighted by molar-refractivity contribution is -0.141. The van der Waals surface area contributed by atoms with Gasteiger partial charge >= 0.3 is 12.3 Å². The summed E-state index contributed by atoms with van der Waals surface area (Å²) in [5.41, 5.74) is -1.43. The van der Waals surface area contributed by atoms with Gasteiger partial charge in [-0.25, -0.2) is 4.79 Å². The summed E-state index contributed by atoms with van der Waals surface area (Å²) in [5.74, 6) is 0. The van der Waals surface area contributed by atoms with E-state index in [-0.39, 0.29) is 11.3 Å². The number of carbonyl (C=O) groups excluding carboxylic acids is 1. The molecule has 0 aromatic carbocycles. The number of nitrogens with zero attached hydrogens (tertiary/aromatic N) is 2. The van der Waals surface area contributed by atoms with E-state index in [1.165, 1.54) is 6.07 Å². The number of ether oxygens (including phenoxy) is 1. The first-order chi connectivity index (χ1) is 12.5. The van der Waals surface area contributed by atoms with Crippen LogP contribution in [0, 0.1) is 0 Å². The van der Waals surface area contributed by atoms with Gasteiger partial charge in [0, 0.05) is 11.8 Å². The second-order valence-electron chi connectivity index (χ2n) is 8.14. The zero-order valence-electron chi connectivity index (χ0n) is 17.0. The van der Waals surface area contributed by atoms with Crippen LogP contribution in [0.15, 0.2) is 22.7 Å². The van der Waals surface area contributed by atoms with E-state index in [0.29, 0.717) is 0 Å². The molecule has 0 aliphatic carbocycles. The van der Waals surface area contributed by atoms with Crippen LogP contribution in [0.25, 0.3) is 0 Å². The van der Waals surface area contributed by atoms with Gasteiger partial charge in [-0.1, -0.05) is 4.40 Å². The molecule has 0 aliphatic heterocycles. The quantitative estimate of drug-likeness (QED) is 0.581. The lowest BCUT2D eigenvalue weighted by atomic mass is 10.1. The minimum absolute atomic E-state index is 0.139. The average Bonchev–Trinajstić information content (AvgIpc) is 2.48. The average molecular weight is 421 g/mol. The van der Waals surface area contributed by atoms with E-state index >= 15 is 0 Å². The predicted octanol–water partition coefficient (Wildman–Crippen LogP) is 4.26. The Bertz CT molecular complexity index is 708. The lowest BCUT2D eigenvalue weighted by Gasteiger charge is -2.24. The second-order valence-corrected chi connectivity index (χ2v) is 10.0. The van der Waals surface area contributed by atoms with Gasteiger partial charge < -0.3 is 14.6 Å². The minimum Gasteiger partial charge on any atom is -0.591 e. The highest BCUT2D eigenvalue weighted by molar-refractivity contribution is 7.91. The number of alkyl halides is 3. The smallest absolute Gasteiger partial charge is 0.433 e. The zero-order chi connectivity index (χ0) is 21.9. The molecule has 0 fully saturated rings. The van der Waals surface area contributed by atoms with Gasteiger partial charge in [0.2, 0.25) is 0 Å². The predicted molar refractivity (Wildman–Crippen MR) is 103 cm³/mol. The third-order valence-corrected chi connectivity index (χ3v) is 4.61. The van der Waals surface area contributed by atoms with E-state index in [4.69, 9.17) is 4.74 Å². The number of alkyl carbamates (subject to hydrolysis) is 1. The minimum atomic E-state index is -4.58. The van der Waals surface area contributed by atoms with Crippen molar-refractivity contribution in [3.05, 3.63) is 29.6 Å². The highest BCUT2D eigenvalue weighted by Crippen LogP contribution is 2.27. The maximum atomic E-state index is 12.8. The maximum Gasteiger partial charge on any atom is 0.433 e. The van der Waals surface area contributed by atoms with E-state index in [0.717, 1.165) is 12.3 Å². The fourth-order valence-electron chi connectivity index (χ4n) is 1.87. The Hall–Kier alpha value is -1.81. The number of amides is 1. The van der Waals surface area contributed by atoms with Crippen LogP contribution in [0.2, 0.25) is 0 Å². The van der Waals surface area contributed by atoms with Gasteiger partial charge in [-0.3, -0.25) is 4.98 Å². The van der Waals surface area contributed by atoms with Gasteiger partial charge in [-0.05, 0) is 60.6 Å². The molecule has 158 valence electrons. The number of carbonyl (C=O) groups is 1. The van der Waals surface area contributed by atoms with Crippen LogP contribution in [-0.4, -0.2) is 37.7 Å². The number of pyridine rings is 1. The molecule has 0 spiro atoms. The lowest BCUT2D eigenvalue weighted by Crippen LogP contribution is -2.43. The van der Waals surface area contributed by atoms with Crippen LogP contribution in [0.5, 0.6) is 0 Å². The van der Waals surface area contributed by atoms with Gasteiger partial charge in [-0.15, -0.1) is 0 Å². The molecular formula is C18H26F3N3O3S. The molecule has 0 aliphatic rings. The molecule has 0 saturated heterocycles. The molecular weight excluding hydrogens is 395 g/mol. The summed E-state index contributed by atoms with van der Waals surface area (Å²) in [6.45, 7) is 11.8. The monoisotopic (exact) mass is 421 g/mol. The topological polar surface area (TPSA) is 86.6 Å². The van der Waals surface area contributed by atoms with Gasteiger partial charge in [-0.2, -0.15) is 13.2 Å². The Kier molecular flexibility index (Phi) is 7.52. The molecule has 1 heterocycles. The molecule has 0 bridgehead atoms. The van der Waals surface area contributed by atoms with Crippen molar-refractivity contribution in [1.29, 1.82) is 0 Å². The van der Waals surface area contributed by atoms with Crippen LogP contribution in [-0.2, 0) is 22.3 Å². The Morgan fingerprint density at radius 3 is 2.18 bits per heavy atom. The molecule has 6 nitrogen and oxygen atoms in total. The number of nitrogens with one attached hydrogen (secondary N) is 1. The van der Waals surface area contributed by atoms with E-state index in [9.17, 15) is 22.5 Å². The summed E-state index contributed by atoms with van der Waals surface area (Å²) >= 11 is -1.70. The molecule has 1 N–H and O–H groups in total. The van der Waals surface area contributed by atoms with Crippen molar-refractivity contribution in [2.75, 3.05) is 0 Å². The number of hydrogen-bond acceptors (Lipinski definition) is 5. The number of halogens is 3. The molecule has 2 atom stereocenters. The normalized spacial score (nSPS) is 15.8. The molecule has 0 saturated carbocycles. The molecule has 1 amide bonds. The van der Waals surface area contributed by atoms with E-state index < -0.39 is 45.7 Å². The first kappa shape index (κ1) is 24.2. The van der Waals surface area contributed by atoms with Crippen LogP contribution >= 0.6 is 0 Å². The third kappa shape index (κ3) is 7.67. The first-order valence-corrected chi connectivity index (χ1v) is 9.65. The van der Waals surface area contributed by atoms with Crippen LogP contribution < -0.4 is 5.32 Å². The summed E-state index contributed by atoms with van der Waals surface area (Å²) in [5, 5.41) is 2.56. The molecule has 10 heteroatoms. The summed E-state index contributed by atoms with van der Waals surface area (Å²) < 4.78 is 59.4. The van der Waals surface area contributed by atoms with Crippen LogP contribution in [0.3, 0.4) is 0 Å². The summed E-state index contributed by atoms with van der Waals surface area (Å²) in [6.07, 6.45) is -4.31. The molecule has 1 rings (SSSR count). The van der Waals surface area contributed by atoms with Gasteiger partial charge in [0.15, 0.2) is 0 Å². The number of aromatic nitrogens is 1. The third-order valence-electron chi connectivity index (χ3n) is 3.20. The van der Waals surface area contributed by atoms with Crippen molar-refractivity contribution >= 4 is 23.2 Å². The first-order valence-electron chi connectivity index (χ1n) is 8.54.